The van der Waals surface area contributed by atoms with Crippen molar-refractivity contribution in [1.82, 2.24) is 9.38 Å². The standard InChI is InChI=1S/C17H16ClN3O4S/c1-20(26(2,23)24)15-6-4-3-5-14(15)17(22)25-11-13-10-21-9-12(18)7-8-16(21)19-13/h3-10H,11H2,1-2H3. The van der Waals surface area contributed by atoms with Crippen LogP contribution >= 0.6 is 11.6 Å². The summed E-state index contributed by atoms with van der Waals surface area (Å²) in [6.07, 6.45) is 4.48. The molecule has 0 aliphatic heterocycles. The number of fused-ring (bicyclic) bond motifs is 1. The minimum Gasteiger partial charge on any atom is -0.455 e. The number of hydrogen-bond acceptors (Lipinski definition) is 5. The number of ether oxygens (including phenoxy) is 1. The summed E-state index contributed by atoms with van der Waals surface area (Å²) in [5, 5.41) is 0.566. The Labute approximate surface area is 155 Å². The molecule has 0 bridgehead atoms. The molecular formula is C17H16ClN3O4S. The number of nitrogens with zero attached hydrogens (tertiary/aromatic N) is 3. The maximum absolute atomic E-state index is 12.4. The lowest BCUT2D eigenvalue weighted by molar-refractivity contribution is 0.0469. The lowest BCUT2D eigenvalue weighted by atomic mass is 10.2. The van der Waals surface area contributed by atoms with E-state index in [9.17, 15) is 13.2 Å². The number of anilines is 1. The Bertz CT molecular complexity index is 1080. The summed E-state index contributed by atoms with van der Waals surface area (Å²) in [6, 6.07) is 9.83. The molecule has 0 spiro atoms. The predicted octanol–water partition coefficient (Wildman–Crippen LogP) is 2.74. The van der Waals surface area contributed by atoms with Crippen molar-refractivity contribution in [3.8, 4) is 0 Å². The molecule has 2 heterocycles. The van der Waals surface area contributed by atoms with Crippen molar-refractivity contribution in [2.75, 3.05) is 17.6 Å². The molecule has 2 aromatic heterocycles. The van der Waals surface area contributed by atoms with Gasteiger partial charge in [-0.25, -0.2) is 18.2 Å². The number of para-hydroxylation sites is 1. The first-order chi connectivity index (χ1) is 12.3. The second kappa shape index (κ2) is 6.97. The molecule has 26 heavy (non-hydrogen) atoms. The van der Waals surface area contributed by atoms with E-state index < -0.39 is 16.0 Å². The largest absolute Gasteiger partial charge is 0.455 e. The molecule has 0 fully saturated rings. The quantitative estimate of drug-likeness (QED) is 0.622. The molecule has 1 aromatic carbocycles. The molecule has 0 unspecified atom stereocenters. The lowest BCUT2D eigenvalue weighted by Gasteiger charge is -2.19. The fourth-order valence-corrected chi connectivity index (χ4v) is 3.09. The van der Waals surface area contributed by atoms with Gasteiger partial charge in [0.1, 0.15) is 12.3 Å². The Morgan fingerprint density at radius 3 is 2.69 bits per heavy atom. The van der Waals surface area contributed by atoms with Crippen molar-refractivity contribution < 1.29 is 17.9 Å². The third-order valence-corrected chi connectivity index (χ3v) is 5.19. The fraction of sp³-hybridized carbons (Fsp3) is 0.176. The van der Waals surface area contributed by atoms with Gasteiger partial charge in [-0.15, -0.1) is 0 Å². The van der Waals surface area contributed by atoms with Crippen molar-refractivity contribution >= 4 is 38.9 Å². The molecule has 0 amide bonds. The number of rotatable bonds is 5. The van der Waals surface area contributed by atoms with Gasteiger partial charge in [-0.2, -0.15) is 0 Å². The lowest BCUT2D eigenvalue weighted by Crippen LogP contribution is -2.26. The maximum Gasteiger partial charge on any atom is 0.340 e. The van der Waals surface area contributed by atoms with Gasteiger partial charge in [-0.3, -0.25) is 4.31 Å². The van der Waals surface area contributed by atoms with Crippen LogP contribution in [-0.2, 0) is 21.4 Å². The van der Waals surface area contributed by atoms with E-state index in [-0.39, 0.29) is 17.9 Å². The van der Waals surface area contributed by atoms with Crippen molar-refractivity contribution in [2.45, 2.75) is 6.61 Å². The van der Waals surface area contributed by atoms with E-state index in [1.807, 2.05) is 0 Å². The number of halogens is 1. The van der Waals surface area contributed by atoms with Crippen molar-refractivity contribution in [1.29, 1.82) is 0 Å². The first kappa shape index (κ1) is 18.2. The van der Waals surface area contributed by atoms with E-state index in [1.165, 1.54) is 13.1 Å². The fourth-order valence-electron chi connectivity index (χ4n) is 2.40. The van der Waals surface area contributed by atoms with Gasteiger partial charge in [0.15, 0.2) is 0 Å². The van der Waals surface area contributed by atoms with Crippen molar-refractivity contribution in [2.24, 2.45) is 0 Å². The highest BCUT2D eigenvalue weighted by atomic mass is 35.5. The number of pyridine rings is 1. The van der Waals surface area contributed by atoms with Crippen LogP contribution in [0, 0.1) is 0 Å². The zero-order valence-corrected chi connectivity index (χ0v) is 15.7. The van der Waals surface area contributed by atoms with Crippen LogP contribution in [0.4, 0.5) is 5.69 Å². The Balaban J connectivity index is 1.80. The number of hydrogen-bond donors (Lipinski definition) is 0. The van der Waals surface area contributed by atoms with E-state index in [0.717, 1.165) is 10.6 Å². The molecule has 0 atom stereocenters. The number of imidazole rings is 1. The predicted molar refractivity (Wildman–Crippen MR) is 99.0 cm³/mol. The van der Waals surface area contributed by atoms with Crippen LogP contribution in [0.5, 0.6) is 0 Å². The molecule has 136 valence electrons. The molecule has 7 nitrogen and oxygen atoms in total. The molecule has 3 rings (SSSR count). The molecule has 0 N–H and O–H groups in total. The number of benzene rings is 1. The van der Waals surface area contributed by atoms with E-state index in [2.05, 4.69) is 4.98 Å². The first-order valence-electron chi connectivity index (χ1n) is 7.59. The number of carbonyl (C=O) groups is 1. The topological polar surface area (TPSA) is 81.0 Å². The average molecular weight is 394 g/mol. The van der Waals surface area contributed by atoms with E-state index in [1.54, 1.807) is 47.1 Å². The van der Waals surface area contributed by atoms with Gasteiger partial charge in [0, 0.05) is 19.4 Å². The summed E-state index contributed by atoms with van der Waals surface area (Å²) in [7, 11) is -2.12. The molecule has 0 aliphatic rings. The molecule has 0 saturated heterocycles. The third kappa shape index (κ3) is 3.81. The molecule has 3 aromatic rings. The molecule has 0 saturated carbocycles. The van der Waals surface area contributed by atoms with Gasteiger partial charge in [0.25, 0.3) is 0 Å². The van der Waals surface area contributed by atoms with Crippen LogP contribution in [0.15, 0.2) is 48.8 Å². The average Bonchev–Trinajstić information content (AvgIpc) is 3.00. The highest BCUT2D eigenvalue weighted by Gasteiger charge is 2.20. The van der Waals surface area contributed by atoms with E-state index in [4.69, 9.17) is 16.3 Å². The Kier molecular flexibility index (Phi) is 4.88. The highest BCUT2D eigenvalue weighted by molar-refractivity contribution is 7.92. The second-order valence-corrected chi connectivity index (χ2v) is 8.12. The van der Waals surface area contributed by atoms with Crippen molar-refractivity contribution in [3.63, 3.8) is 0 Å². The third-order valence-electron chi connectivity index (χ3n) is 3.78. The van der Waals surface area contributed by atoms with Crippen LogP contribution in [0.25, 0.3) is 5.65 Å². The monoisotopic (exact) mass is 393 g/mol. The normalized spacial score (nSPS) is 11.5. The second-order valence-electron chi connectivity index (χ2n) is 5.67. The van der Waals surface area contributed by atoms with Gasteiger partial charge < -0.3 is 9.14 Å². The summed E-state index contributed by atoms with van der Waals surface area (Å²) in [4.78, 5) is 16.8. The maximum atomic E-state index is 12.4. The van der Waals surface area contributed by atoms with Crippen LogP contribution in [0.1, 0.15) is 16.1 Å². The van der Waals surface area contributed by atoms with E-state index >= 15 is 0 Å². The minimum absolute atomic E-state index is 0.0466. The van der Waals surface area contributed by atoms with Gasteiger partial charge in [-0.05, 0) is 24.3 Å². The summed E-state index contributed by atoms with van der Waals surface area (Å²) in [5.74, 6) is -0.633. The number of aromatic nitrogens is 2. The first-order valence-corrected chi connectivity index (χ1v) is 9.81. The Morgan fingerprint density at radius 2 is 1.96 bits per heavy atom. The zero-order valence-electron chi connectivity index (χ0n) is 14.1. The SMILES string of the molecule is CN(c1ccccc1C(=O)OCc1cn2cc(Cl)ccc2n1)S(C)(=O)=O. The van der Waals surface area contributed by atoms with Crippen LogP contribution in [0.3, 0.4) is 0 Å². The number of sulfonamides is 1. The van der Waals surface area contributed by atoms with Crippen molar-refractivity contribution in [3.05, 3.63) is 65.1 Å². The molecule has 9 heteroatoms. The van der Waals surface area contributed by atoms with Crippen LogP contribution < -0.4 is 4.31 Å². The number of esters is 1. The molecular weight excluding hydrogens is 378 g/mol. The summed E-state index contributed by atoms with van der Waals surface area (Å²) < 4.78 is 31.6. The minimum atomic E-state index is -3.50. The summed E-state index contributed by atoms with van der Waals surface area (Å²) in [5.41, 5.74) is 1.64. The zero-order chi connectivity index (χ0) is 18.9. The van der Waals surface area contributed by atoms with Crippen LogP contribution in [0.2, 0.25) is 5.02 Å². The van der Waals surface area contributed by atoms with Crippen LogP contribution in [-0.4, -0.2) is 37.1 Å². The Hall–Kier alpha value is -2.58. The summed E-state index contributed by atoms with van der Waals surface area (Å²) >= 11 is 5.93. The number of carbonyl (C=O) groups excluding carboxylic acids is 1. The van der Waals surface area contributed by atoms with Gasteiger partial charge >= 0.3 is 5.97 Å². The van der Waals surface area contributed by atoms with Gasteiger partial charge in [-0.1, -0.05) is 23.7 Å². The van der Waals surface area contributed by atoms with E-state index in [0.29, 0.717) is 16.4 Å². The summed E-state index contributed by atoms with van der Waals surface area (Å²) in [6.45, 7) is -0.0466. The molecule has 0 aliphatic carbocycles. The Morgan fingerprint density at radius 1 is 1.23 bits per heavy atom. The molecule has 0 radical (unpaired) electrons. The van der Waals surface area contributed by atoms with Gasteiger partial charge in [0.05, 0.1) is 28.2 Å². The smallest absolute Gasteiger partial charge is 0.340 e. The van der Waals surface area contributed by atoms with Gasteiger partial charge in [0.2, 0.25) is 10.0 Å². The highest BCUT2D eigenvalue weighted by Crippen LogP contribution is 2.22.